The Labute approximate surface area is 173 Å². The highest BCUT2D eigenvalue weighted by molar-refractivity contribution is 7.89. The van der Waals surface area contributed by atoms with Crippen LogP contribution >= 0.6 is 0 Å². The lowest BCUT2D eigenvalue weighted by Crippen LogP contribution is -2.46. The number of ether oxygens (including phenoxy) is 1. The van der Waals surface area contributed by atoms with E-state index in [4.69, 9.17) is 4.74 Å². The van der Waals surface area contributed by atoms with Gasteiger partial charge < -0.3 is 10.1 Å². The van der Waals surface area contributed by atoms with Crippen molar-refractivity contribution in [3.8, 4) is 0 Å². The third-order valence-electron chi connectivity index (χ3n) is 5.51. The number of hydrogen-bond acceptors (Lipinski definition) is 5. The van der Waals surface area contributed by atoms with Crippen molar-refractivity contribution in [1.29, 1.82) is 0 Å². The summed E-state index contributed by atoms with van der Waals surface area (Å²) in [7, 11) is -3.68. The lowest BCUT2D eigenvalue weighted by molar-refractivity contribution is -0.130. The largest absolute Gasteiger partial charge is 0.449 e. The first kappa shape index (κ1) is 23.3. The van der Waals surface area contributed by atoms with Crippen molar-refractivity contribution < 1.29 is 22.7 Å². The Kier molecular flexibility index (Phi) is 8.22. The standard InChI is InChI=1S/C21H32N2O5S/c1-5-23(6-2)29(26,27)18-12-9-11-17(14-18)21(25)28-16(4)20(24)22-19-13-8-7-10-15(19)3/h9,11-12,14-16,19H,5-8,10,13H2,1-4H3,(H,22,24)/t15-,16-,19+/m0/s1. The van der Waals surface area contributed by atoms with E-state index >= 15 is 0 Å². The second-order valence-corrected chi connectivity index (χ2v) is 9.48. The number of carbonyl (C=O) groups excluding carboxylic acids is 2. The molecule has 7 nitrogen and oxygen atoms in total. The van der Waals surface area contributed by atoms with E-state index in [0.717, 1.165) is 19.3 Å². The summed E-state index contributed by atoms with van der Waals surface area (Å²) < 4.78 is 31.9. The Morgan fingerprint density at radius 1 is 1.21 bits per heavy atom. The van der Waals surface area contributed by atoms with Crippen LogP contribution in [-0.4, -0.2) is 49.8 Å². The van der Waals surface area contributed by atoms with Gasteiger partial charge in [-0.2, -0.15) is 4.31 Å². The highest BCUT2D eigenvalue weighted by atomic mass is 32.2. The normalized spacial score (nSPS) is 20.9. The topological polar surface area (TPSA) is 92.8 Å². The lowest BCUT2D eigenvalue weighted by atomic mass is 9.86. The van der Waals surface area contributed by atoms with Gasteiger partial charge in [0.15, 0.2) is 6.10 Å². The maximum Gasteiger partial charge on any atom is 0.338 e. The van der Waals surface area contributed by atoms with Gasteiger partial charge in [-0.25, -0.2) is 13.2 Å². The van der Waals surface area contributed by atoms with Crippen molar-refractivity contribution in [2.24, 2.45) is 5.92 Å². The molecule has 0 aromatic heterocycles. The molecular formula is C21H32N2O5S. The fourth-order valence-electron chi connectivity index (χ4n) is 3.61. The Bertz CT molecular complexity index is 820. The summed E-state index contributed by atoms with van der Waals surface area (Å²) in [5.74, 6) is -0.650. The summed E-state index contributed by atoms with van der Waals surface area (Å²) in [5, 5.41) is 2.97. The quantitative estimate of drug-likeness (QED) is 0.648. The van der Waals surface area contributed by atoms with Gasteiger partial charge in [-0.05, 0) is 43.9 Å². The predicted molar refractivity (Wildman–Crippen MR) is 111 cm³/mol. The number of benzene rings is 1. The van der Waals surface area contributed by atoms with Gasteiger partial charge in [-0.15, -0.1) is 0 Å². The summed E-state index contributed by atoms with van der Waals surface area (Å²) in [6.07, 6.45) is 3.30. The minimum atomic E-state index is -3.68. The molecule has 1 amide bonds. The van der Waals surface area contributed by atoms with E-state index < -0.39 is 22.1 Å². The molecule has 1 N–H and O–H groups in total. The van der Waals surface area contributed by atoms with Crippen LogP contribution in [0.4, 0.5) is 0 Å². The average molecular weight is 425 g/mol. The Morgan fingerprint density at radius 2 is 1.86 bits per heavy atom. The van der Waals surface area contributed by atoms with Crippen molar-refractivity contribution in [2.45, 2.75) is 70.4 Å². The zero-order valence-electron chi connectivity index (χ0n) is 17.7. The van der Waals surface area contributed by atoms with Crippen molar-refractivity contribution in [3.63, 3.8) is 0 Å². The number of amides is 1. The molecule has 1 aliphatic carbocycles. The molecule has 0 saturated heterocycles. The number of nitrogens with zero attached hydrogens (tertiary/aromatic N) is 1. The number of esters is 1. The van der Waals surface area contributed by atoms with Crippen LogP contribution in [0.5, 0.6) is 0 Å². The minimum absolute atomic E-state index is 0.0313. The van der Waals surface area contributed by atoms with Crippen molar-refractivity contribution >= 4 is 21.9 Å². The summed E-state index contributed by atoms with van der Waals surface area (Å²) in [6, 6.07) is 5.83. The maximum atomic E-state index is 12.7. The van der Waals surface area contributed by atoms with Gasteiger partial charge in [0.2, 0.25) is 10.0 Å². The molecule has 1 aliphatic rings. The molecule has 29 heavy (non-hydrogen) atoms. The van der Waals surface area contributed by atoms with Gasteiger partial charge in [0.1, 0.15) is 0 Å². The molecule has 3 atom stereocenters. The van der Waals surface area contributed by atoms with E-state index in [1.165, 1.54) is 41.9 Å². The number of nitrogens with one attached hydrogen (secondary N) is 1. The Hall–Kier alpha value is -1.93. The first-order valence-corrected chi connectivity index (χ1v) is 11.8. The highest BCUT2D eigenvalue weighted by Crippen LogP contribution is 2.24. The van der Waals surface area contributed by atoms with E-state index in [1.807, 2.05) is 0 Å². The van der Waals surface area contributed by atoms with E-state index in [1.54, 1.807) is 13.8 Å². The fraction of sp³-hybridized carbons (Fsp3) is 0.619. The van der Waals surface area contributed by atoms with Crippen LogP contribution in [0, 0.1) is 5.92 Å². The minimum Gasteiger partial charge on any atom is -0.449 e. The molecule has 0 unspecified atom stereocenters. The molecule has 8 heteroatoms. The third-order valence-corrected chi connectivity index (χ3v) is 7.55. The number of carbonyl (C=O) groups is 2. The molecule has 0 heterocycles. The van der Waals surface area contributed by atoms with Crippen LogP contribution < -0.4 is 5.32 Å². The second kappa shape index (κ2) is 10.2. The summed E-state index contributed by atoms with van der Waals surface area (Å²) in [5.41, 5.74) is 0.101. The van der Waals surface area contributed by atoms with Gasteiger partial charge in [0, 0.05) is 19.1 Å². The van der Waals surface area contributed by atoms with Crippen LogP contribution in [0.15, 0.2) is 29.2 Å². The van der Waals surface area contributed by atoms with Gasteiger partial charge >= 0.3 is 5.97 Å². The molecule has 1 fully saturated rings. The molecule has 162 valence electrons. The first-order valence-electron chi connectivity index (χ1n) is 10.3. The van der Waals surface area contributed by atoms with Crippen molar-refractivity contribution in [2.75, 3.05) is 13.1 Å². The van der Waals surface area contributed by atoms with Crippen LogP contribution in [0.25, 0.3) is 0 Å². The second-order valence-electron chi connectivity index (χ2n) is 7.54. The fourth-order valence-corrected chi connectivity index (χ4v) is 5.11. The smallest absolute Gasteiger partial charge is 0.338 e. The SMILES string of the molecule is CCN(CC)S(=O)(=O)c1cccc(C(=O)O[C@@H](C)C(=O)N[C@@H]2CCCC[C@@H]2C)c1. The molecule has 0 aliphatic heterocycles. The monoisotopic (exact) mass is 424 g/mol. The zero-order valence-corrected chi connectivity index (χ0v) is 18.5. The Morgan fingerprint density at radius 3 is 2.48 bits per heavy atom. The van der Waals surface area contributed by atoms with Gasteiger partial charge in [-0.1, -0.05) is 39.7 Å². The van der Waals surface area contributed by atoms with E-state index in [0.29, 0.717) is 19.0 Å². The molecular weight excluding hydrogens is 392 g/mol. The number of sulfonamides is 1. The lowest BCUT2D eigenvalue weighted by Gasteiger charge is -2.30. The molecule has 0 bridgehead atoms. The molecule has 0 spiro atoms. The van der Waals surface area contributed by atoms with Crippen LogP contribution in [0.1, 0.15) is 63.7 Å². The van der Waals surface area contributed by atoms with E-state index in [2.05, 4.69) is 12.2 Å². The summed E-state index contributed by atoms with van der Waals surface area (Å²) in [6.45, 7) is 7.83. The van der Waals surface area contributed by atoms with Gasteiger partial charge in [0.05, 0.1) is 10.5 Å². The zero-order chi connectivity index (χ0) is 21.6. The summed E-state index contributed by atoms with van der Waals surface area (Å²) >= 11 is 0. The van der Waals surface area contributed by atoms with Crippen LogP contribution in [0.2, 0.25) is 0 Å². The predicted octanol–water partition coefficient (Wildman–Crippen LogP) is 2.96. The molecule has 1 aromatic rings. The maximum absolute atomic E-state index is 12.7. The molecule has 1 aromatic carbocycles. The Balaban J connectivity index is 2.06. The van der Waals surface area contributed by atoms with Crippen LogP contribution in [0.3, 0.4) is 0 Å². The molecule has 1 saturated carbocycles. The highest BCUT2D eigenvalue weighted by Gasteiger charge is 2.27. The average Bonchev–Trinajstić information content (AvgIpc) is 2.70. The van der Waals surface area contributed by atoms with E-state index in [-0.39, 0.29) is 22.4 Å². The van der Waals surface area contributed by atoms with Crippen molar-refractivity contribution in [3.05, 3.63) is 29.8 Å². The molecule has 0 radical (unpaired) electrons. The number of rotatable bonds is 8. The van der Waals surface area contributed by atoms with Gasteiger partial charge in [0.25, 0.3) is 5.91 Å². The molecule has 2 rings (SSSR count). The van der Waals surface area contributed by atoms with E-state index in [9.17, 15) is 18.0 Å². The first-order chi connectivity index (χ1) is 13.7. The van der Waals surface area contributed by atoms with Crippen LogP contribution in [-0.2, 0) is 19.6 Å². The van der Waals surface area contributed by atoms with Crippen molar-refractivity contribution in [1.82, 2.24) is 9.62 Å². The summed E-state index contributed by atoms with van der Waals surface area (Å²) in [4.78, 5) is 25.0. The van der Waals surface area contributed by atoms with Gasteiger partial charge in [-0.3, -0.25) is 4.79 Å². The number of hydrogen-bond donors (Lipinski definition) is 1. The third kappa shape index (κ3) is 5.79.